The van der Waals surface area contributed by atoms with Gasteiger partial charge in [0, 0.05) is 19.3 Å². The zero-order valence-corrected chi connectivity index (χ0v) is 27.6. The van der Waals surface area contributed by atoms with E-state index in [1.807, 2.05) is 43.3 Å². The summed E-state index contributed by atoms with van der Waals surface area (Å²) in [7, 11) is -1.75. The second kappa shape index (κ2) is 13.9. The van der Waals surface area contributed by atoms with Crippen molar-refractivity contribution in [1.29, 1.82) is 0 Å². The van der Waals surface area contributed by atoms with Gasteiger partial charge in [-0.15, -0.1) is 0 Å². The molecule has 0 unspecified atom stereocenters. The number of rotatable bonds is 13. The first-order chi connectivity index (χ1) is 20.8. The molecule has 234 valence electrons. The zero-order chi connectivity index (χ0) is 32.2. The number of anilines is 2. The predicted octanol–water partition coefficient (Wildman–Crippen LogP) is 7.68. The predicted molar refractivity (Wildman–Crippen MR) is 176 cm³/mol. The van der Waals surface area contributed by atoms with E-state index in [1.54, 1.807) is 41.9 Å². The van der Waals surface area contributed by atoms with Crippen LogP contribution in [0, 0.1) is 6.92 Å². The van der Waals surface area contributed by atoms with Gasteiger partial charge in [0.25, 0.3) is 0 Å². The summed E-state index contributed by atoms with van der Waals surface area (Å²) in [6, 6.07) is 15.8. The van der Waals surface area contributed by atoms with Crippen LogP contribution >= 0.6 is 23.2 Å². The average Bonchev–Trinajstić information content (AvgIpc) is 3.35. The van der Waals surface area contributed by atoms with E-state index < -0.39 is 16.0 Å². The number of aromatic nitrogens is 2. The van der Waals surface area contributed by atoms with Crippen molar-refractivity contribution in [3.63, 3.8) is 0 Å². The molecule has 0 saturated carbocycles. The van der Waals surface area contributed by atoms with E-state index in [9.17, 15) is 18.3 Å². The molecular weight excluding hydrogens is 623 g/mol. The molecule has 2 N–H and O–H groups in total. The molecule has 0 atom stereocenters. The smallest absolute Gasteiger partial charge is 0.337 e. The van der Waals surface area contributed by atoms with Gasteiger partial charge in [-0.2, -0.15) is 5.10 Å². The van der Waals surface area contributed by atoms with E-state index >= 15 is 0 Å². The van der Waals surface area contributed by atoms with Crippen molar-refractivity contribution in [2.75, 3.05) is 22.4 Å². The first-order valence-corrected chi connectivity index (χ1v) is 16.5. The summed E-state index contributed by atoms with van der Waals surface area (Å²) >= 11 is 13.0. The van der Waals surface area contributed by atoms with Crippen molar-refractivity contribution in [3.05, 3.63) is 98.8 Å². The third-order valence-electron chi connectivity index (χ3n) is 7.10. The minimum atomic E-state index is -3.66. The Morgan fingerprint density at radius 1 is 1.11 bits per heavy atom. The minimum absolute atomic E-state index is 0.0513. The van der Waals surface area contributed by atoms with E-state index in [-0.39, 0.29) is 29.5 Å². The number of para-hydroxylation sites is 1. The summed E-state index contributed by atoms with van der Waals surface area (Å²) in [6.07, 6.45) is 2.23. The molecule has 0 aliphatic carbocycles. The molecule has 1 aromatic heterocycles. The number of aromatic carboxylic acids is 1. The number of hydrogen-bond donors (Lipinski definition) is 2. The van der Waals surface area contributed by atoms with Gasteiger partial charge in [-0.25, -0.2) is 17.9 Å². The summed E-state index contributed by atoms with van der Waals surface area (Å²) in [5.74, 6) is -0.429. The number of carboxylic acids is 1. The summed E-state index contributed by atoms with van der Waals surface area (Å²) < 4.78 is 35.1. The number of benzene rings is 3. The highest BCUT2D eigenvalue weighted by atomic mass is 35.5. The van der Waals surface area contributed by atoms with Crippen molar-refractivity contribution < 1.29 is 23.1 Å². The molecule has 44 heavy (non-hydrogen) atoms. The third-order valence-corrected chi connectivity index (χ3v) is 9.19. The first-order valence-electron chi connectivity index (χ1n) is 14.1. The Morgan fingerprint density at radius 3 is 2.43 bits per heavy atom. The van der Waals surface area contributed by atoms with Crippen LogP contribution in [0.1, 0.15) is 65.9 Å². The van der Waals surface area contributed by atoms with Crippen LogP contribution in [0.3, 0.4) is 0 Å². The van der Waals surface area contributed by atoms with E-state index in [2.05, 4.69) is 23.7 Å². The number of ether oxygens (including phenoxy) is 1. The van der Waals surface area contributed by atoms with Crippen LogP contribution in [0.25, 0.3) is 5.69 Å². The molecule has 0 fully saturated rings. The van der Waals surface area contributed by atoms with Gasteiger partial charge in [0.05, 0.1) is 38.9 Å². The molecular formula is C32H36Cl2N4O5S. The Morgan fingerprint density at radius 2 is 1.82 bits per heavy atom. The summed E-state index contributed by atoms with van der Waals surface area (Å²) in [5, 5.41) is 15.1. The minimum Gasteiger partial charge on any atom is -0.487 e. The molecule has 0 bridgehead atoms. The van der Waals surface area contributed by atoms with Gasteiger partial charge in [0.2, 0.25) is 10.0 Å². The fourth-order valence-corrected chi connectivity index (χ4v) is 6.70. The Hall–Kier alpha value is -3.73. The van der Waals surface area contributed by atoms with Crippen LogP contribution in [0.2, 0.25) is 10.0 Å². The molecule has 12 heteroatoms. The van der Waals surface area contributed by atoms with Crippen molar-refractivity contribution in [3.8, 4) is 11.4 Å². The van der Waals surface area contributed by atoms with Gasteiger partial charge in [-0.05, 0) is 78.4 Å². The maximum atomic E-state index is 12.4. The van der Waals surface area contributed by atoms with Crippen LogP contribution in [0.15, 0.2) is 60.8 Å². The van der Waals surface area contributed by atoms with Gasteiger partial charge < -0.3 is 14.7 Å². The number of nitrogens with zero attached hydrogens (tertiary/aromatic N) is 3. The Balaban J connectivity index is 1.53. The molecule has 4 rings (SSSR count). The van der Waals surface area contributed by atoms with Gasteiger partial charge in [-0.3, -0.25) is 4.72 Å². The number of hydrogen-bond acceptors (Lipinski definition) is 6. The molecule has 0 saturated heterocycles. The maximum absolute atomic E-state index is 12.4. The summed E-state index contributed by atoms with van der Waals surface area (Å²) in [5.41, 5.74) is 5.07. The van der Waals surface area contributed by atoms with Crippen molar-refractivity contribution >= 4 is 50.6 Å². The average molecular weight is 660 g/mol. The number of halogens is 2. The van der Waals surface area contributed by atoms with E-state index in [1.165, 1.54) is 6.07 Å². The first kappa shape index (κ1) is 33.2. The molecule has 3 aromatic carbocycles. The van der Waals surface area contributed by atoms with Crippen LogP contribution in [-0.2, 0) is 23.2 Å². The highest BCUT2D eigenvalue weighted by Crippen LogP contribution is 2.33. The normalized spacial score (nSPS) is 11.5. The van der Waals surface area contributed by atoms with Gasteiger partial charge >= 0.3 is 5.97 Å². The highest BCUT2D eigenvalue weighted by Gasteiger charge is 2.20. The molecule has 4 aromatic rings. The topological polar surface area (TPSA) is 114 Å². The SMILES string of the molecule is CCCS(=O)(=O)Nc1cc(CN(C)c2ccc(OCc3c(C(C)C)cnn3-c3c(Cl)cccc3Cl)cc2C)ccc1C(=O)O. The number of aryl methyl sites for hydroxylation is 1. The lowest BCUT2D eigenvalue weighted by molar-refractivity contribution is 0.0698. The Bertz CT molecular complexity index is 1750. The monoisotopic (exact) mass is 658 g/mol. The van der Waals surface area contributed by atoms with Crippen molar-refractivity contribution in [2.45, 2.75) is 53.2 Å². The van der Waals surface area contributed by atoms with Gasteiger partial charge in [0.15, 0.2) is 0 Å². The lowest BCUT2D eigenvalue weighted by atomic mass is 10.0. The molecule has 0 spiro atoms. The maximum Gasteiger partial charge on any atom is 0.337 e. The zero-order valence-electron chi connectivity index (χ0n) is 25.3. The Labute approximate surface area is 268 Å². The molecule has 1 heterocycles. The third kappa shape index (κ3) is 7.67. The van der Waals surface area contributed by atoms with Crippen LogP contribution in [-0.4, -0.2) is 42.1 Å². The second-order valence-electron chi connectivity index (χ2n) is 10.9. The lowest BCUT2D eigenvalue weighted by Crippen LogP contribution is -2.20. The highest BCUT2D eigenvalue weighted by molar-refractivity contribution is 7.92. The van der Waals surface area contributed by atoms with Crippen molar-refractivity contribution in [1.82, 2.24) is 9.78 Å². The molecule has 9 nitrogen and oxygen atoms in total. The van der Waals surface area contributed by atoms with E-state index in [4.69, 9.17) is 27.9 Å². The van der Waals surface area contributed by atoms with E-state index in [0.717, 1.165) is 28.1 Å². The second-order valence-corrected chi connectivity index (χ2v) is 13.5. The number of carbonyl (C=O) groups is 1. The van der Waals surface area contributed by atoms with Crippen LogP contribution < -0.4 is 14.4 Å². The number of nitrogens with one attached hydrogen (secondary N) is 1. The quantitative estimate of drug-likeness (QED) is 0.151. The van der Waals surface area contributed by atoms with E-state index in [0.29, 0.717) is 34.4 Å². The molecule has 0 aliphatic heterocycles. The van der Waals surface area contributed by atoms with Crippen molar-refractivity contribution in [2.24, 2.45) is 0 Å². The molecule has 0 aliphatic rings. The number of sulfonamides is 1. The fourth-order valence-electron chi connectivity index (χ4n) is 5.00. The van der Waals surface area contributed by atoms with Gasteiger partial charge in [-0.1, -0.05) is 56.1 Å². The van der Waals surface area contributed by atoms with Crippen LogP contribution in [0.5, 0.6) is 5.75 Å². The molecule has 0 amide bonds. The summed E-state index contributed by atoms with van der Waals surface area (Å²) in [6.45, 7) is 8.56. The largest absolute Gasteiger partial charge is 0.487 e. The summed E-state index contributed by atoms with van der Waals surface area (Å²) in [4.78, 5) is 13.7. The Kier molecular flexibility index (Phi) is 10.5. The number of carboxylic acid groups (broad SMARTS) is 1. The van der Waals surface area contributed by atoms with Gasteiger partial charge in [0.1, 0.15) is 18.0 Å². The standard InChI is InChI=1S/C32H36Cl2N4O5S/c1-6-14-44(41,42)36-28-16-22(10-12-24(28)32(39)40)18-37(5)29-13-11-23(15-21(29)4)43-19-30-25(20(2)3)17-35-38(30)31-26(33)8-7-9-27(31)34/h7-13,15-17,20,36H,6,14,18-19H2,1-5H3,(H,39,40). The molecule has 0 radical (unpaired) electrons. The lowest BCUT2D eigenvalue weighted by Gasteiger charge is -2.23. The fraction of sp³-hybridized carbons (Fsp3) is 0.312. The van der Waals surface area contributed by atoms with Crippen LogP contribution in [0.4, 0.5) is 11.4 Å².